The van der Waals surface area contributed by atoms with E-state index in [1.165, 1.54) is 20.7 Å². The second kappa shape index (κ2) is 7.32. The van der Waals surface area contributed by atoms with E-state index in [2.05, 4.69) is 30.8 Å². The smallest absolute Gasteiger partial charge is 0.130 e. The lowest BCUT2D eigenvalue weighted by Crippen LogP contribution is -1.98. The molecule has 0 aliphatic rings. The fourth-order valence-electron chi connectivity index (χ4n) is 3.00. The maximum atomic E-state index is 4.48. The molecule has 146 valence electrons. The molecule has 0 amide bonds. The van der Waals surface area contributed by atoms with Crippen molar-refractivity contribution in [2.24, 2.45) is 0 Å². The molecule has 0 spiro atoms. The predicted octanol–water partition coefficient (Wildman–Crippen LogP) is 3.59. The molecule has 0 aliphatic heterocycles. The van der Waals surface area contributed by atoms with Crippen LogP contribution >= 0.6 is 0 Å². The highest BCUT2D eigenvalue weighted by atomic mass is 15.6. The van der Waals surface area contributed by atoms with Gasteiger partial charge in [-0.25, -0.2) is 0 Å². The molecule has 0 unspecified atom stereocenters. The number of aromatic nitrogens is 8. The van der Waals surface area contributed by atoms with E-state index in [-0.39, 0.29) is 0 Å². The van der Waals surface area contributed by atoms with Crippen LogP contribution in [0.2, 0.25) is 0 Å². The average molecular weight is 394 g/mol. The Labute approximate surface area is 172 Å². The molecule has 0 atom stereocenters. The van der Waals surface area contributed by atoms with E-state index in [0.717, 1.165) is 22.5 Å². The molecule has 2 aromatic heterocycles. The van der Waals surface area contributed by atoms with Crippen LogP contribution in [-0.4, -0.2) is 40.4 Å². The Morgan fingerprint density at radius 3 is 1.23 bits per heavy atom. The van der Waals surface area contributed by atoms with Crippen molar-refractivity contribution in [3.8, 4) is 34.2 Å². The molecule has 0 aliphatic carbocycles. The number of tetrazole rings is 2. The van der Waals surface area contributed by atoms with Crippen LogP contribution in [0.5, 0.6) is 0 Å². The summed E-state index contributed by atoms with van der Waals surface area (Å²) < 4.78 is 0. The monoisotopic (exact) mass is 394 g/mol. The van der Waals surface area contributed by atoms with Crippen LogP contribution in [0.25, 0.3) is 34.2 Å². The molecule has 5 rings (SSSR count). The Morgan fingerprint density at radius 2 is 0.867 bits per heavy atom. The largest absolute Gasteiger partial charge is 0.205 e. The van der Waals surface area contributed by atoms with Crippen LogP contribution in [0.3, 0.4) is 0 Å². The molecule has 0 bridgehead atoms. The highest BCUT2D eigenvalue weighted by molar-refractivity contribution is 5.62. The third-order valence-electron chi connectivity index (χ3n) is 4.76. The first-order chi connectivity index (χ1) is 14.7. The van der Waals surface area contributed by atoms with Crippen molar-refractivity contribution in [3.05, 3.63) is 83.9 Å². The van der Waals surface area contributed by atoms with Crippen molar-refractivity contribution in [1.82, 2.24) is 40.4 Å². The van der Waals surface area contributed by atoms with E-state index in [1.807, 2.05) is 86.6 Å². The van der Waals surface area contributed by atoms with Crippen molar-refractivity contribution in [3.63, 3.8) is 0 Å². The summed E-state index contributed by atoms with van der Waals surface area (Å²) in [7, 11) is 0. The van der Waals surface area contributed by atoms with Gasteiger partial charge in [0.1, 0.15) is 0 Å². The molecule has 8 heteroatoms. The number of hydrogen-bond acceptors (Lipinski definition) is 6. The van der Waals surface area contributed by atoms with Crippen molar-refractivity contribution in [1.29, 1.82) is 0 Å². The van der Waals surface area contributed by atoms with E-state index in [9.17, 15) is 0 Å². The molecule has 0 saturated heterocycles. The fraction of sp³-hybridized carbons (Fsp3) is 0.0909. The maximum absolute atomic E-state index is 4.48. The van der Waals surface area contributed by atoms with Gasteiger partial charge in [0.15, 0.2) is 0 Å². The molecular formula is C22H18N8. The Morgan fingerprint density at radius 1 is 0.500 bits per heavy atom. The summed E-state index contributed by atoms with van der Waals surface area (Å²) in [6, 6.07) is 23.6. The molecule has 8 nitrogen and oxygen atoms in total. The van der Waals surface area contributed by atoms with Crippen molar-refractivity contribution in [2.45, 2.75) is 13.8 Å². The lowest BCUT2D eigenvalue weighted by Gasteiger charge is -1.99. The van der Waals surface area contributed by atoms with Gasteiger partial charge in [-0.2, -0.15) is 0 Å². The molecule has 30 heavy (non-hydrogen) atoms. The van der Waals surface area contributed by atoms with Crippen molar-refractivity contribution >= 4 is 0 Å². The summed E-state index contributed by atoms with van der Waals surface area (Å²) in [4.78, 5) is 3.05. The standard InChI is InChI=1S/C22H18N8/c1-15-3-11-19(12-4-15)29-25-21(23-27-29)17-7-9-18(10-8-17)22-24-28-30(26-22)20-13-5-16(2)6-14-20/h3-14H,1-2H3. The zero-order valence-electron chi connectivity index (χ0n) is 16.5. The average Bonchev–Trinajstić information content (AvgIpc) is 3.45. The Hall–Kier alpha value is -4.20. The van der Waals surface area contributed by atoms with Gasteiger partial charge in [0.2, 0.25) is 11.6 Å². The van der Waals surface area contributed by atoms with Crippen LogP contribution in [0.15, 0.2) is 72.8 Å². The second-order valence-electron chi connectivity index (χ2n) is 7.05. The van der Waals surface area contributed by atoms with Crippen LogP contribution in [0, 0.1) is 13.8 Å². The summed E-state index contributed by atoms with van der Waals surface area (Å²) in [5, 5.41) is 25.6. The maximum Gasteiger partial charge on any atom is 0.205 e. The van der Waals surface area contributed by atoms with Crippen LogP contribution in [0.1, 0.15) is 11.1 Å². The third kappa shape index (κ3) is 3.46. The van der Waals surface area contributed by atoms with E-state index < -0.39 is 0 Å². The van der Waals surface area contributed by atoms with Crippen LogP contribution in [-0.2, 0) is 0 Å². The fourth-order valence-corrected chi connectivity index (χ4v) is 3.00. The second-order valence-corrected chi connectivity index (χ2v) is 7.05. The lowest BCUT2D eigenvalue weighted by atomic mass is 10.1. The topological polar surface area (TPSA) is 87.2 Å². The molecular weight excluding hydrogens is 376 g/mol. The number of benzene rings is 3. The SMILES string of the molecule is Cc1ccc(-n2nnc(-c3ccc(-c4nnn(-c5ccc(C)cc5)n4)cc3)n2)cc1. The van der Waals surface area contributed by atoms with Gasteiger partial charge in [0.25, 0.3) is 0 Å². The molecule has 0 N–H and O–H groups in total. The Balaban J connectivity index is 1.37. The summed E-state index contributed by atoms with van der Waals surface area (Å²) >= 11 is 0. The zero-order valence-corrected chi connectivity index (χ0v) is 16.5. The zero-order chi connectivity index (χ0) is 20.5. The van der Waals surface area contributed by atoms with Crippen molar-refractivity contribution < 1.29 is 0 Å². The summed E-state index contributed by atoms with van der Waals surface area (Å²) in [5.74, 6) is 1.11. The van der Waals surface area contributed by atoms with E-state index in [4.69, 9.17) is 0 Å². The minimum absolute atomic E-state index is 0.554. The van der Waals surface area contributed by atoms with Gasteiger partial charge >= 0.3 is 0 Å². The molecule has 0 radical (unpaired) electrons. The first-order valence-corrected chi connectivity index (χ1v) is 9.51. The number of nitrogens with zero attached hydrogens (tertiary/aromatic N) is 8. The van der Waals surface area contributed by atoms with Gasteiger partial charge < -0.3 is 0 Å². The number of aryl methyl sites for hydroxylation is 2. The van der Waals surface area contributed by atoms with Crippen molar-refractivity contribution in [2.75, 3.05) is 0 Å². The van der Waals surface area contributed by atoms with Crippen LogP contribution < -0.4 is 0 Å². The molecule has 2 heterocycles. The number of hydrogen-bond donors (Lipinski definition) is 0. The summed E-state index contributed by atoms with van der Waals surface area (Å²) in [5.41, 5.74) is 5.83. The highest BCUT2D eigenvalue weighted by Gasteiger charge is 2.10. The van der Waals surface area contributed by atoms with E-state index in [0.29, 0.717) is 11.6 Å². The molecule has 5 aromatic rings. The van der Waals surface area contributed by atoms with Gasteiger partial charge in [-0.15, -0.1) is 30.0 Å². The quantitative estimate of drug-likeness (QED) is 0.463. The first kappa shape index (κ1) is 17.9. The Kier molecular flexibility index (Phi) is 4.36. The van der Waals surface area contributed by atoms with Gasteiger partial charge in [-0.3, -0.25) is 0 Å². The Bertz CT molecular complexity index is 1180. The van der Waals surface area contributed by atoms with Gasteiger partial charge in [-0.05, 0) is 48.5 Å². The minimum atomic E-state index is 0.554. The highest BCUT2D eigenvalue weighted by Crippen LogP contribution is 2.21. The first-order valence-electron chi connectivity index (χ1n) is 9.51. The van der Waals surface area contributed by atoms with E-state index >= 15 is 0 Å². The van der Waals surface area contributed by atoms with Gasteiger partial charge in [0, 0.05) is 11.1 Å². The van der Waals surface area contributed by atoms with E-state index in [1.54, 1.807) is 0 Å². The van der Waals surface area contributed by atoms with Crippen LogP contribution in [0.4, 0.5) is 0 Å². The lowest BCUT2D eigenvalue weighted by molar-refractivity contribution is 0.720. The third-order valence-corrected chi connectivity index (χ3v) is 4.76. The number of rotatable bonds is 4. The predicted molar refractivity (Wildman–Crippen MR) is 112 cm³/mol. The minimum Gasteiger partial charge on any atom is -0.130 e. The molecule has 3 aromatic carbocycles. The molecule has 0 fully saturated rings. The van der Waals surface area contributed by atoms with Gasteiger partial charge in [0.05, 0.1) is 11.4 Å². The molecule has 0 saturated carbocycles. The normalized spacial score (nSPS) is 11.0. The summed E-state index contributed by atoms with van der Waals surface area (Å²) in [6.07, 6.45) is 0. The van der Waals surface area contributed by atoms with Gasteiger partial charge in [-0.1, -0.05) is 59.7 Å². The summed E-state index contributed by atoms with van der Waals surface area (Å²) in [6.45, 7) is 4.08.